The van der Waals surface area contributed by atoms with Gasteiger partial charge in [0.1, 0.15) is 5.78 Å². The largest absolute Gasteiger partial charge is 0.332 e. The van der Waals surface area contributed by atoms with E-state index in [2.05, 4.69) is 0 Å². The number of halogens is 1. The molecule has 4 rings (SSSR count). The number of carbonyl (C=O) groups is 3. The molecule has 0 saturated carbocycles. The Labute approximate surface area is 145 Å². The maximum atomic E-state index is 13.1. The van der Waals surface area contributed by atoms with Gasteiger partial charge in [0.15, 0.2) is 0 Å². The third-order valence-electron chi connectivity index (χ3n) is 5.35. The standard InChI is InChI=1S/C18H19ClN2O3/c19-16-6-5-11(20-7-1-2-17(20)23)10-15(16)18(24)21-12-3-4-13(21)9-14(22)8-12/h5-6,10,12-13H,1-4,7-9H2. The maximum absolute atomic E-state index is 13.1. The first kappa shape index (κ1) is 15.6. The first-order chi connectivity index (χ1) is 11.5. The Bertz CT molecular complexity index is 717. The minimum atomic E-state index is -0.117. The molecular formula is C18H19ClN2O3. The molecule has 2 bridgehead atoms. The molecule has 0 N–H and O–H groups in total. The van der Waals surface area contributed by atoms with Crippen molar-refractivity contribution in [1.82, 2.24) is 4.90 Å². The first-order valence-corrected chi connectivity index (χ1v) is 8.86. The molecule has 1 aromatic rings. The van der Waals surface area contributed by atoms with E-state index in [4.69, 9.17) is 11.6 Å². The lowest BCUT2D eigenvalue weighted by atomic mass is 10.00. The topological polar surface area (TPSA) is 57.7 Å². The van der Waals surface area contributed by atoms with Gasteiger partial charge in [-0.3, -0.25) is 14.4 Å². The second-order valence-corrected chi connectivity index (χ2v) is 7.26. The van der Waals surface area contributed by atoms with Crippen molar-refractivity contribution in [3.05, 3.63) is 28.8 Å². The molecule has 24 heavy (non-hydrogen) atoms. The smallest absolute Gasteiger partial charge is 0.255 e. The van der Waals surface area contributed by atoms with Crippen LogP contribution in [0.3, 0.4) is 0 Å². The molecule has 3 aliphatic rings. The summed E-state index contributed by atoms with van der Waals surface area (Å²) in [5.41, 5.74) is 1.16. The van der Waals surface area contributed by atoms with E-state index in [1.54, 1.807) is 23.1 Å². The van der Waals surface area contributed by atoms with Crippen LogP contribution in [-0.2, 0) is 9.59 Å². The number of anilines is 1. The Morgan fingerprint density at radius 3 is 2.46 bits per heavy atom. The SMILES string of the molecule is O=C1CC2CCC(C1)N2C(=O)c1cc(N2CCCC2=O)ccc1Cl. The third kappa shape index (κ3) is 2.51. The molecule has 0 radical (unpaired) electrons. The van der Waals surface area contributed by atoms with Gasteiger partial charge in [0.25, 0.3) is 5.91 Å². The van der Waals surface area contributed by atoms with Gasteiger partial charge in [0.05, 0.1) is 10.6 Å². The minimum absolute atomic E-state index is 0.00288. The highest BCUT2D eigenvalue weighted by Crippen LogP contribution is 2.37. The van der Waals surface area contributed by atoms with Gasteiger partial charge < -0.3 is 9.80 Å². The van der Waals surface area contributed by atoms with Crippen molar-refractivity contribution in [2.45, 2.75) is 50.6 Å². The molecular weight excluding hydrogens is 328 g/mol. The molecule has 6 heteroatoms. The number of benzene rings is 1. The van der Waals surface area contributed by atoms with E-state index in [9.17, 15) is 14.4 Å². The molecule has 3 saturated heterocycles. The normalized spacial score (nSPS) is 26.4. The number of fused-ring (bicyclic) bond motifs is 2. The summed E-state index contributed by atoms with van der Waals surface area (Å²) in [4.78, 5) is 40.3. The highest BCUT2D eigenvalue weighted by molar-refractivity contribution is 6.34. The maximum Gasteiger partial charge on any atom is 0.255 e. The summed E-state index contributed by atoms with van der Waals surface area (Å²) in [5, 5.41) is 0.395. The number of Topliss-reactive ketones (excluding diaryl/α,β-unsaturated/α-hetero) is 1. The van der Waals surface area contributed by atoms with E-state index < -0.39 is 0 Å². The fourth-order valence-corrected chi connectivity index (χ4v) is 4.41. The number of rotatable bonds is 2. The lowest BCUT2D eigenvalue weighted by Gasteiger charge is -2.34. The fraction of sp³-hybridized carbons (Fsp3) is 0.500. The fourth-order valence-electron chi connectivity index (χ4n) is 4.21. The van der Waals surface area contributed by atoms with Gasteiger partial charge in [-0.2, -0.15) is 0 Å². The van der Waals surface area contributed by atoms with Crippen LogP contribution in [0.25, 0.3) is 0 Å². The van der Waals surface area contributed by atoms with Crippen LogP contribution in [0, 0.1) is 0 Å². The molecule has 1 aromatic carbocycles. The van der Waals surface area contributed by atoms with Crippen LogP contribution in [0.2, 0.25) is 5.02 Å². The second-order valence-electron chi connectivity index (χ2n) is 6.86. The molecule has 2 atom stereocenters. The zero-order chi connectivity index (χ0) is 16.8. The van der Waals surface area contributed by atoms with Crippen molar-refractivity contribution >= 4 is 34.9 Å². The molecule has 2 unspecified atom stereocenters. The number of nitrogens with zero attached hydrogens (tertiary/aromatic N) is 2. The van der Waals surface area contributed by atoms with Gasteiger partial charge in [-0.25, -0.2) is 0 Å². The third-order valence-corrected chi connectivity index (χ3v) is 5.68. The highest BCUT2D eigenvalue weighted by atomic mass is 35.5. The van der Waals surface area contributed by atoms with Gasteiger partial charge in [-0.15, -0.1) is 0 Å². The van der Waals surface area contributed by atoms with Gasteiger partial charge in [0, 0.05) is 43.6 Å². The summed E-state index contributed by atoms with van der Waals surface area (Å²) >= 11 is 6.28. The number of hydrogen-bond donors (Lipinski definition) is 0. The molecule has 126 valence electrons. The second kappa shape index (κ2) is 5.88. The van der Waals surface area contributed by atoms with E-state index in [1.165, 1.54) is 0 Å². The van der Waals surface area contributed by atoms with Crippen LogP contribution < -0.4 is 4.90 Å². The summed E-state index contributed by atoms with van der Waals surface area (Å²) in [6, 6.07) is 5.20. The Morgan fingerprint density at radius 1 is 1.12 bits per heavy atom. The Hall–Kier alpha value is -1.88. The van der Waals surface area contributed by atoms with Crippen molar-refractivity contribution in [3.8, 4) is 0 Å². The molecule has 3 aliphatic heterocycles. The summed E-state index contributed by atoms with van der Waals surface area (Å²) in [5.74, 6) is 0.210. The Balaban J connectivity index is 1.65. The Kier molecular flexibility index (Phi) is 3.83. The van der Waals surface area contributed by atoms with Crippen molar-refractivity contribution in [2.75, 3.05) is 11.4 Å². The molecule has 5 nitrogen and oxygen atoms in total. The van der Waals surface area contributed by atoms with Crippen LogP contribution in [0.5, 0.6) is 0 Å². The molecule has 0 aliphatic carbocycles. The van der Waals surface area contributed by atoms with Crippen LogP contribution in [0.1, 0.15) is 48.9 Å². The molecule has 3 fully saturated rings. The lowest BCUT2D eigenvalue weighted by molar-refractivity contribution is -0.122. The van der Waals surface area contributed by atoms with E-state index in [-0.39, 0.29) is 29.7 Å². The summed E-state index contributed by atoms with van der Waals surface area (Å²) in [7, 11) is 0. The molecule has 0 aromatic heterocycles. The van der Waals surface area contributed by atoms with Crippen LogP contribution in [-0.4, -0.2) is 41.1 Å². The number of piperidine rings is 1. The van der Waals surface area contributed by atoms with Crippen molar-refractivity contribution in [2.24, 2.45) is 0 Å². The monoisotopic (exact) mass is 346 g/mol. The molecule has 2 amide bonds. The average molecular weight is 347 g/mol. The summed E-state index contributed by atoms with van der Waals surface area (Å²) in [6.45, 7) is 0.678. The van der Waals surface area contributed by atoms with Crippen molar-refractivity contribution in [1.29, 1.82) is 0 Å². The number of amides is 2. The van der Waals surface area contributed by atoms with E-state index in [1.807, 2.05) is 4.90 Å². The van der Waals surface area contributed by atoms with Gasteiger partial charge in [-0.1, -0.05) is 11.6 Å². The summed E-state index contributed by atoms with van der Waals surface area (Å²) in [6.07, 6.45) is 4.04. The molecule has 3 heterocycles. The Morgan fingerprint density at radius 2 is 1.83 bits per heavy atom. The lowest BCUT2D eigenvalue weighted by Crippen LogP contribution is -2.46. The molecule has 0 spiro atoms. The van der Waals surface area contributed by atoms with Crippen LogP contribution >= 0.6 is 11.6 Å². The predicted molar refractivity (Wildman–Crippen MR) is 90.3 cm³/mol. The van der Waals surface area contributed by atoms with Gasteiger partial charge in [0.2, 0.25) is 5.91 Å². The van der Waals surface area contributed by atoms with Crippen LogP contribution in [0.4, 0.5) is 5.69 Å². The van der Waals surface area contributed by atoms with Crippen molar-refractivity contribution in [3.63, 3.8) is 0 Å². The van der Waals surface area contributed by atoms with E-state index in [0.717, 1.165) is 24.9 Å². The number of carbonyl (C=O) groups excluding carboxylic acids is 3. The summed E-state index contributed by atoms with van der Waals surface area (Å²) < 4.78 is 0. The predicted octanol–water partition coefficient (Wildman–Crippen LogP) is 2.80. The number of ketones is 1. The average Bonchev–Trinajstić information content (AvgIpc) is 3.09. The number of hydrogen-bond acceptors (Lipinski definition) is 3. The first-order valence-electron chi connectivity index (χ1n) is 8.49. The van der Waals surface area contributed by atoms with Crippen LogP contribution in [0.15, 0.2) is 18.2 Å². The zero-order valence-corrected chi connectivity index (χ0v) is 14.1. The minimum Gasteiger partial charge on any atom is -0.332 e. The van der Waals surface area contributed by atoms with Gasteiger partial charge >= 0.3 is 0 Å². The zero-order valence-electron chi connectivity index (χ0n) is 13.3. The van der Waals surface area contributed by atoms with Crippen molar-refractivity contribution < 1.29 is 14.4 Å². The highest BCUT2D eigenvalue weighted by Gasteiger charge is 2.43. The quantitative estimate of drug-likeness (QED) is 0.827. The van der Waals surface area contributed by atoms with Gasteiger partial charge in [-0.05, 0) is 37.5 Å². The van der Waals surface area contributed by atoms with E-state index in [0.29, 0.717) is 36.4 Å². The van der Waals surface area contributed by atoms with E-state index >= 15 is 0 Å².